The zero-order valence-corrected chi connectivity index (χ0v) is 19.4. The summed E-state index contributed by atoms with van der Waals surface area (Å²) in [6.07, 6.45) is 0. The van der Waals surface area contributed by atoms with Crippen LogP contribution in [0.5, 0.6) is 5.75 Å². The van der Waals surface area contributed by atoms with E-state index in [-0.39, 0.29) is 16.9 Å². The standard InChI is InChI=1S/C10H7N2O2S.C7H7O.Hg/c13-8-6-9(14)12(10(15)11-8)7-4-2-1-3-5-7;1-8-7-5-3-2-4-6-7;/h1-6H,(H,11,13,15);3-6H,1H3;. The van der Waals surface area contributed by atoms with E-state index in [9.17, 15) is 9.59 Å². The monoisotopic (exact) mass is 528 g/mol. The molecule has 2 aromatic carbocycles. The van der Waals surface area contributed by atoms with Gasteiger partial charge in [0.1, 0.15) is 0 Å². The van der Waals surface area contributed by atoms with E-state index in [4.69, 9.17) is 17.0 Å². The van der Waals surface area contributed by atoms with Crippen molar-refractivity contribution in [3.63, 3.8) is 0 Å². The van der Waals surface area contributed by atoms with Crippen molar-refractivity contribution < 1.29 is 38.9 Å². The zero-order valence-electron chi connectivity index (χ0n) is 13.1. The van der Waals surface area contributed by atoms with Crippen molar-refractivity contribution in [1.82, 2.24) is 5.32 Å². The van der Waals surface area contributed by atoms with Crippen LogP contribution < -0.4 is 18.0 Å². The third-order valence-corrected chi connectivity index (χ3v) is 12.2. The summed E-state index contributed by atoms with van der Waals surface area (Å²) >= 11 is 3.17. The molecule has 3 rings (SSSR count). The third-order valence-electron chi connectivity index (χ3n) is 3.88. The molecule has 1 aliphatic rings. The van der Waals surface area contributed by atoms with E-state index in [0.717, 1.165) is 8.82 Å². The molecule has 0 aromatic heterocycles. The van der Waals surface area contributed by atoms with Gasteiger partial charge in [-0.1, -0.05) is 0 Å². The second kappa shape index (κ2) is 7.40. The first-order valence-electron chi connectivity index (χ1n) is 7.47. The molecule has 0 bridgehead atoms. The number of hydrogen-bond donors (Lipinski definition) is 1. The van der Waals surface area contributed by atoms with E-state index < -0.39 is 28.0 Å². The molecule has 1 N–H and O–H groups in total. The van der Waals surface area contributed by atoms with Gasteiger partial charge in [0.25, 0.3) is 0 Å². The first kappa shape index (κ1) is 17.0. The molecule has 1 fully saturated rings. The second-order valence-electron chi connectivity index (χ2n) is 5.41. The number of amides is 2. The van der Waals surface area contributed by atoms with Crippen LogP contribution in [0.2, 0.25) is 3.43 Å². The number of carbonyl (C=O) groups excluding carboxylic acids is 2. The summed E-state index contributed by atoms with van der Waals surface area (Å²) in [6.45, 7) is 0. The molecular formula is C17H14HgN2O3S. The number of benzene rings is 2. The first-order valence-corrected chi connectivity index (χ1v) is 13.8. The van der Waals surface area contributed by atoms with Crippen molar-refractivity contribution >= 4 is 37.9 Å². The van der Waals surface area contributed by atoms with Crippen LogP contribution in [-0.4, -0.2) is 24.0 Å². The number of hydrogen-bond acceptors (Lipinski definition) is 4. The van der Waals surface area contributed by atoms with Gasteiger partial charge in [0.05, 0.1) is 0 Å². The number of nitrogens with one attached hydrogen (secondary N) is 1. The van der Waals surface area contributed by atoms with Gasteiger partial charge in [-0.25, -0.2) is 0 Å². The number of nitrogens with zero attached hydrogens (tertiary/aromatic N) is 1. The van der Waals surface area contributed by atoms with Gasteiger partial charge in [-0.15, -0.1) is 0 Å². The Labute approximate surface area is 157 Å². The molecule has 1 unspecified atom stereocenters. The van der Waals surface area contributed by atoms with Gasteiger partial charge in [-0.2, -0.15) is 0 Å². The first-order chi connectivity index (χ1) is 11.6. The normalized spacial score (nSPS) is 17.3. The Morgan fingerprint density at radius 1 is 1.08 bits per heavy atom. The quantitative estimate of drug-likeness (QED) is 0.374. The maximum atomic E-state index is 12.9. The molecule has 1 saturated heterocycles. The molecule has 2 amide bonds. The van der Waals surface area contributed by atoms with Crippen LogP contribution in [0.15, 0.2) is 54.6 Å². The SMILES string of the molecule is COc1cc[c]([Hg][CH]2C(=O)NC(=S)N(c3ccccc3)C2=O)cc1. The van der Waals surface area contributed by atoms with Crippen LogP contribution in [-0.2, 0) is 34.2 Å². The molecule has 2 aromatic rings. The molecule has 118 valence electrons. The predicted molar refractivity (Wildman–Crippen MR) is 91.0 cm³/mol. The Bertz CT molecular complexity index is 780. The van der Waals surface area contributed by atoms with Crippen LogP contribution in [0.3, 0.4) is 0 Å². The van der Waals surface area contributed by atoms with Gasteiger partial charge in [-0.05, 0) is 0 Å². The van der Waals surface area contributed by atoms with Crippen molar-refractivity contribution in [1.29, 1.82) is 0 Å². The van der Waals surface area contributed by atoms with Gasteiger partial charge in [0.2, 0.25) is 0 Å². The van der Waals surface area contributed by atoms with Crippen molar-refractivity contribution in [2.45, 2.75) is 3.43 Å². The molecular weight excluding hydrogens is 513 g/mol. The number of carbonyl (C=O) groups is 2. The van der Waals surface area contributed by atoms with Gasteiger partial charge in [-0.3, -0.25) is 0 Å². The van der Waals surface area contributed by atoms with Crippen LogP contribution in [0.1, 0.15) is 0 Å². The Hall–Kier alpha value is -1.79. The Morgan fingerprint density at radius 2 is 1.75 bits per heavy atom. The van der Waals surface area contributed by atoms with Crippen molar-refractivity contribution in [3.05, 3.63) is 54.6 Å². The van der Waals surface area contributed by atoms with Crippen LogP contribution in [0.25, 0.3) is 0 Å². The van der Waals surface area contributed by atoms with E-state index >= 15 is 0 Å². The third kappa shape index (κ3) is 3.49. The van der Waals surface area contributed by atoms with E-state index in [1.54, 1.807) is 7.11 Å². The Morgan fingerprint density at radius 3 is 2.38 bits per heavy atom. The molecule has 1 aliphatic heterocycles. The van der Waals surface area contributed by atoms with Crippen LogP contribution >= 0.6 is 12.2 Å². The summed E-state index contributed by atoms with van der Waals surface area (Å²) in [5.74, 6) is 0.278. The summed E-state index contributed by atoms with van der Waals surface area (Å²) < 4.78 is 5.65. The molecule has 7 heteroatoms. The van der Waals surface area contributed by atoms with Crippen LogP contribution in [0.4, 0.5) is 5.69 Å². The van der Waals surface area contributed by atoms with Gasteiger partial charge < -0.3 is 0 Å². The fourth-order valence-corrected chi connectivity index (χ4v) is 9.22. The van der Waals surface area contributed by atoms with E-state index in [1.807, 2.05) is 54.6 Å². The summed E-state index contributed by atoms with van der Waals surface area (Å²) in [5, 5.41) is 2.83. The number of methoxy groups -OCH3 is 1. The van der Waals surface area contributed by atoms with E-state index in [2.05, 4.69) is 5.32 Å². The Kier molecular flexibility index (Phi) is 5.25. The summed E-state index contributed by atoms with van der Waals surface area (Å²) in [6, 6.07) is 16.8. The number of para-hydroxylation sites is 1. The number of ether oxygens (including phenoxy) is 1. The van der Waals surface area contributed by atoms with E-state index in [1.165, 1.54) is 4.90 Å². The second-order valence-corrected chi connectivity index (χ2v) is 13.7. The number of thiocarbonyl (C=S) groups is 1. The number of rotatable bonds is 4. The minimum absolute atomic E-state index is 0.149. The maximum absolute atomic E-state index is 12.9. The molecule has 0 spiro atoms. The summed E-state index contributed by atoms with van der Waals surface area (Å²) in [7, 11) is 1.61. The fourth-order valence-electron chi connectivity index (χ4n) is 2.62. The summed E-state index contributed by atoms with van der Waals surface area (Å²) in [4.78, 5) is 26.6. The Balaban J connectivity index is 1.85. The molecule has 0 radical (unpaired) electrons. The van der Waals surface area contributed by atoms with Crippen molar-refractivity contribution in [2.24, 2.45) is 0 Å². The summed E-state index contributed by atoms with van der Waals surface area (Å²) in [5.41, 5.74) is 0.681. The average Bonchev–Trinajstić information content (AvgIpc) is 2.60. The molecule has 0 saturated carbocycles. The van der Waals surface area contributed by atoms with Crippen molar-refractivity contribution in [2.75, 3.05) is 12.0 Å². The topological polar surface area (TPSA) is 58.6 Å². The van der Waals surface area contributed by atoms with Gasteiger partial charge >= 0.3 is 158 Å². The zero-order chi connectivity index (χ0) is 17.1. The van der Waals surface area contributed by atoms with Crippen molar-refractivity contribution in [3.8, 4) is 5.75 Å². The van der Waals surface area contributed by atoms with Gasteiger partial charge in [0, 0.05) is 0 Å². The fraction of sp³-hybridized carbons (Fsp3) is 0.118. The average molecular weight is 527 g/mol. The molecule has 1 heterocycles. The molecule has 1 atom stereocenters. The number of anilines is 1. The van der Waals surface area contributed by atoms with Gasteiger partial charge in [0.15, 0.2) is 0 Å². The molecule has 24 heavy (non-hydrogen) atoms. The van der Waals surface area contributed by atoms with E-state index in [0.29, 0.717) is 5.69 Å². The molecule has 5 nitrogen and oxygen atoms in total. The molecule has 0 aliphatic carbocycles. The minimum atomic E-state index is -2.03. The predicted octanol–water partition coefficient (Wildman–Crippen LogP) is 1.64. The van der Waals surface area contributed by atoms with Crippen LogP contribution in [0, 0.1) is 0 Å².